The first-order valence-electron chi connectivity index (χ1n) is 8.75. The number of benzene rings is 2. The van der Waals surface area contributed by atoms with Crippen LogP contribution in [-0.4, -0.2) is 27.3 Å². The van der Waals surface area contributed by atoms with Gasteiger partial charge in [0.05, 0.1) is 18.0 Å². The van der Waals surface area contributed by atoms with Crippen LogP contribution in [0.2, 0.25) is 0 Å². The van der Waals surface area contributed by atoms with Crippen LogP contribution in [0.1, 0.15) is 36.4 Å². The molecule has 128 valence electrons. The zero-order chi connectivity index (χ0) is 17.0. The summed E-state index contributed by atoms with van der Waals surface area (Å²) in [4.78, 5) is 1.84. The van der Waals surface area contributed by atoms with Gasteiger partial charge in [-0.2, -0.15) is 0 Å². The van der Waals surface area contributed by atoms with Crippen LogP contribution in [0, 0.1) is 6.92 Å². The first-order chi connectivity index (χ1) is 11.6. The normalized spacial score (nSPS) is 17.5. The van der Waals surface area contributed by atoms with E-state index < -0.39 is 9.84 Å². The molecule has 0 bridgehead atoms. The lowest BCUT2D eigenvalue weighted by Gasteiger charge is -2.31. The molecule has 0 aromatic heterocycles. The Kier molecular flexibility index (Phi) is 5.36. The number of quaternary nitrogens is 1. The minimum atomic E-state index is -3.29. The number of sulfone groups is 1. The quantitative estimate of drug-likeness (QED) is 0.905. The minimum absolute atomic E-state index is 0.0119. The number of likely N-dealkylation sites (tertiary alicyclic amines) is 1. The summed E-state index contributed by atoms with van der Waals surface area (Å²) in [6, 6.07) is 17.4. The van der Waals surface area contributed by atoms with Crippen LogP contribution >= 0.6 is 0 Å². The number of hydrogen-bond donors (Lipinski definition) is 1. The van der Waals surface area contributed by atoms with Crippen LogP contribution in [0.5, 0.6) is 0 Å². The van der Waals surface area contributed by atoms with Gasteiger partial charge in [-0.1, -0.05) is 48.0 Å². The topological polar surface area (TPSA) is 38.6 Å². The molecule has 3 nitrogen and oxygen atoms in total. The van der Waals surface area contributed by atoms with Crippen molar-refractivity contribution in [2.75, 3.05) is 18.8 Å². The van der Waals surface area contributed by atoms with E-state index in [-0.39, 0.29) is 11.8 Å². The van der Waals surface area contributed by atoms with Crippen molar-refractivity contribution in [3.05, 3.63) is 65.7 Å². The molecule has 0 amide bonds. The van der Waals surface area contributed by atoms with Gasteiger partial charge in [-0.05, 0) is 38.3 Å². The molecule has 0 spiro atoms. The summed E-state index contributed by atoms with van der Waals surface area (Å²) < 4.78 is 25.9. The Morgan fingerprint density at radius 1 is 0.917 bits per heavy atom. The van der Waals surface area contributed by atoms with Gasteiger partial charge in [-0.3, -0.25) is 0 Å². The van der Waals surface area contributed by atoms with Crippen molar-refractivity contribution in [1.29, 1.82) is 0 Å². The first kappa shape index (κ1) is 17.2. The molecule has 0 aliphatic carbocycles. The van der Waals surface area contributed by atoms with Crippen molar-refractivity contribution in [1.82, 2.24) is 0 Å². The van der Waals surface area contributed by atoms with Crippen molar-refractivity contribution in [2.24, 2.45) is 0 Å². The van der Waals surface area contributed by atoms with Gasteiger partial charge in [0.15, 0.2) is 9.84 Å². The Labute approximate surface area is 145 Å². The SMILES string of the molecule is Cc1ccc(S(=O)(=O)CC(c2ccccc2)[NH+]2CCCCC2)cc1. The van der Waals surface area contributed by atoms with Gasteiger partial charge in [-0.15, -0.1) is 0 Å². The van der Waals surface area contributed by atoms with Gasteiger partial charge in [0.2, 0.25) is 0 Å². The predicted molar refractivity (Wildman–Crippen MR) is 97.0 cm³/mol. The summed E-state index contributed by atoms with van der Waals surface area (Å²) in [7, 11) is -3.29. The lowest BCUT2D eigenvalue weighted by Crippen LogP contribution is -3.13. The van der Waals surface area contributed by atoms with Crippen LogP contribution in [0.4, 0.5) is 0 Å². The molecule has 1 unspecified atom stereocenters. The second-order valence-electron chi connectivity index (χ2n) is 6.78. The minimum Gasteiger partial charge on any atom is -0.328 e. The van der Waals surface area contributed by atoms with Crippen LogP contribution in [0.15, 0.2) is 59.5 Å². The summed E-state index contributed by atoms with van der Waals surface area (Å²) in [5.74, 6) is 0.176. The van der Waals surface area contributed by atoms with Gasteiger partial charge in [0, 0.05) is 5.56 Å². The lowest BCUT2D eigenvalue weighted by atomic mass is 10.0. The van der Waals surface area contributed by atoms with E-state index >= 15 is 0 Å². The summed E-state index contributed by atoms with van der Waals surface area (Å²) in [5.41, 5.74) is 2.21. The van der Waals surface area contributed by atoms with E-state index in [2.05, 4.69) is 12.1 Å². The fourth-order valence-corrected chi connectivity index (χ4v) is 5.16. The summed E-state index contributed by atoms with van der Waals surface area (Å²) in [6.07, 6.45) is 3.63. The second-order valence-corrected chi connectivity index (χ2v) is 8.81. The smallest absolute Gasteiger partial charge is 0.184 e. The van der Waals surface area contributed by atoms with E-state index in [0.29, 0.717) is 4.90 Å². The molecule has 4 heteroatoms. The van der Waals surface area contributed by atoms with E-state index in [4.69, 9.17) is 0 Å². The highest BCUT2D eigenvalue weighted by atomic mass is 32.2. The molecule has 1 heterocycles. The Morgan fingerprint density at radius 2 is 1.54 bits per heavy atom. The first-order valence-corrected chi connectivity index (χ1v) is 10.4. The number of rotatable bonds is 5. The highest BCUT2D eigenvalue weighted by Gasteiger charge is 2.31. The van der Waals surface area contributed by atoms with Gasteiger partial charge >= 0.3 is 0 Å². The maximum Gasteiger partial charge on any atom is 0.184 e. The van der Waals surface area contributed by atoms with Crippen LogP contribution in [0.3, 0.4) is 0 Å². The average Bonchev–Trinajstić information content (AvgIpc) is 2.62. The fourth-order valence-electron chi connectivity index (χ4n) is 3.55. The number of aryl methyl sites for hydroxylation is 1. The molecule has 2 aromatic rings. The molecule has 1 N–H and O–H groups in total. The largest absolute Gasteiger partial charge is 0.328 e. The van der Waals surface area contributed by atoms with Gasteiger partial charge in [0.25, 0.3) is 0 Å². The zero-order valence-corrected chi connectivity index (χ0v) is 15.1. The summed E-state index contributed by atoms with van der Waals surface area (Å²) in [5, 5.41) is 0. The van der Waals surface area contributed by atoms with E-state index in [9.17, 15) is 8.42 Å². The van der Waals surface area contributed by atoms with E-state index in [1.807, 2.05) is 37.3 Å². The van der Waals surface area contributed by atoms with Crippen LogP contribution < -0.4 is 4.90 Å². The molecular formula is C20H26NO2S+. The molecule has 0 saturated carbocycles. The van der Waals surface area contributed by atoms with Gasteiger partial charge in [-0.25, -0.2) is 8.42 Å². The Balaban J connectivity index is 1.89. The second kappa shape index (κ2) is 7.49. The predicted octanol–water partition coefficient (Wildman–Crippen LogP) is 2.58. The molecule has 0 radical (unpaired) electrons. The average molecular weight is 345 g/mol. The Morgan fingerprint density at radius 3 is 2.17 bits per heavy atom. The standard InChI is InChI=1S/C20H25NO2S/c1-17-10-12-19(13-11-17)24(22,23)16-20(18-8-4-2-5-9-18)21-14-6-3-7-15-21/h2,4-5,8-13,20H,3,6-7,14-16H2,1H3/p+1. The third-order valence-electron chi connectivity index (χ3n) is 4.96. The number of nitrogens with one attached hydrogen (secondary N) is 1. The van der Waals surface area contributed by atoms with Gasteiger partial charge < -0.3 is 4.90 Å². The molecule has 3 rings (SSSR count). The van der Waals surface area contributed by atoms with Crippen molar-refractivity contribution >= 4 is 9.84 Å². The molecule has 1 aliphatic heterocycles. The summed E-state index contributed by atoms with van der Waals surface area (Å²) >= 11 is 0. The fraction of sp³-hybridized carbons (Fsp3) is 0.400. The van der Waals surface area contributed by atoms with E-state index in [0.717, 1.165) is 24.2 Å². The van der Waals surface area contributed by atoms with Crippen molar-refractivity contribution in [3.63, 3.8) is 0 Å². The van der Waals surface area contributed by atoms with E-state index in [1.165, 1.54) is 24.2 Å². The molecule has 1 fully saturated rings. The lowest BCUT2D eigenvalue weighted by molar-refractivity contribution is -0.933. The van der Waals surface area contributed by atoms with Crippen LogP contribution in [0.25, 0.3) is 0 Å². The molecule has 24 heavy (non-hydrogen) atoms. The van der Waals surface area contributed by atoms with Crippen molar-refractivity contribution < 1.29 is 13.3 Å². The number of hydrogen-bond acceptors (Lipinski definition) is 2. The highest BCUT2D eigenvalue weighted by Crippen LogP contribution is 2.19. The Hall–Kier alpha value is -1.65. The zero-order valence-electron chi connectivity index (χ0n) is 14.2. The van der Waals surface area contributed by atoms with E-state index in [1.54, 1.807) is 12.1 Å². The maximum atomic E-state index is 13.0. The maximum absolute atomic E-state index is 13.0. The summed E-state index contributed by atoms with van der Waals surface area (Å²) in [6.45, 7) is 4.09. The van der Waals surface area contributed by atoms with Crippen molar-refractivity contribution in [2.45, 2.75) is 37.1 Å². The molecular weight excluding hydrogens is 318 g/mol. The molecule has 1 aliphatic rings. The van der Waals surface area contributed by atoms with Crippen LogP contribution in [-0.2, 0) is 9.84 Å². The highest BCUT2D eigenvalue weighted by molar-refractivity contribution is 7.91. The molecule has 1 atom stereocenters. The van der Waals surface area contributed by atoms with Gasteiger partial charge in [0.1, 0.15) is 11.8 Å². The van der Waals surface area contributed by atoms with Crippen molar-refractivity contribution in [3.8, 4) is 0 Å². The Bertz CT molecular complexity index is 748. The molecule has 2 aromatic carbocycles. The molecule has 1 saturated heterocycles. The third kappa shape index (κ3) is 4.05. The number of piperidine rings is 1. The monoisotopic (exact) mass is 344 g/mol. The third-order valence-corrected chi connectivity index (χ3v) is 6.72.